The lowest BCUT2D eigenvalue weighted by Crippen LogP contribution is -2.32. The second kappa shape index (κ2) is 8.44. The highest BCUT2D eigenvalue weighted by molar-refractivity contribution is 7.95. The van der Waals surface area contributed by atoms with Crippen molar-refractivity contribution in [1.82, 2.24) is 0 Å². The molecule has 4 aromatic rings. The summed E-state index contributed by atoms with van der Waals surface area (Å²) in [5.41, 5.74) is 3.06. The van der Waals surface area contributed by atoms with Gasteiger partial charge in [0.25, 0.3) is 0 Å². The van der Waals surface area contributed by atoms with E-state index in [9.17, 15) is 5.26 Å². The SMILES string of the molecule is Cc1cc(C[P+](c2ccccc2)(c2ccccc2)c2ccccc2)ccc1C#N. The van der Waals surface area contributed by atoms with Crippen LogP contribution in [0.4, 0.5) is 0 Å². The molecule has 1 nitrogen and oxygen atoms in total. The number of rotatable bonds is 5. The van der Waals surface area contributed by atoms with Gasteiger partial charge in [-0.1, -0.05) is 66.7 Å². The summed E-state index contributed by atoms with van der Waals surface area (Å²) in [5, 5.41) is 13.5. The van der Waals surface area contributed by atoms with Gasteiger partial charge >= 0.3 is 0 Å². The van der Waals surface area contributed by atoms with E-state index in [4.69, 9.17) is 0 Å². The molecular formula is C27H23NP+. The molecule has 0 aliphatic heterocycles. The van der Waals surface area contributed by atoms with Gasteiger partial charge in [0.1, 0.15) is 23.2 Å². The van der Waals surface area contributed by atoms with Gasteiger partial charge in [0.05, 0.1) is 17.8 Å². The summed E-state index contributed by atoms with van der Waals surface area (Å²) < 4.78 is 0. The largest absolute Gasteiger partial charge is 0.192 e. The Morgan fingerprint density at radius 3 is 1.48 bits per heavy atom. The van der Waals surface area contributed by atoms with Crippen LogP contribution in [0.3, 0.4) is 0 Å². The molecule has 0 aromatic heterocycles. The van der Waals surface area contributed by atoms with Crippen molar-refractivity contribution >= 4 is 23.2 Å². The first-order valence-corrected chi connectivity index (χ1v) is 11.8. The molecule has 0 atom stereocenters. The van der Waals surface area contributed by atoms with Crippen LogP contribution in [-0.4, -0.2) is 0 Å². The average molecular weight is 392 g/mol. The van der Waals surface area contributed by atoms with Crippen LogP contribution >= 0.6 is 7.26 Å². The highest BCUT2D eigenvalue weighted by Gasteiger charge is 2.45. The van der Waals surface area contributed by atoms with E-state index in [1.165, 1.54) is 21.5 Å². The summed E-state index contributed by atoms with van der Waals surface area (Å²) in [6, 6.07) is 41.2. The Hall–Kier alpha value is -3.20. The molecule has 0 N–H and O–H groups in total. The monoisotopic (exact) mass is 392 g/mol. The van der Waals surface area contributed by atoms with Crippen LogP contribution in [0.5, 0.6) is 0 Å². The van der Waals surface area contributed by atoms with Crippen molar-refractivity contribution in [1.29, 1.82) is 5.26 Å². The van der Waals surface area contributed by atoms with Crippen LogP contribution in [0, 0.1) is 18.3 Å². The minimum absolute atomic E-state index is 0.747. The zero-order valence-electron chi connectivity index (χ0n) is 16.5. The van der Waals surface area contributed by atoms with E-state index in [0.29, 0.717) is 0 Å². The van der Waals surface area contributed by atoms with Crippen LogP contribution in [0.25, 0.3) is 0 Å². The molecule has 29 heavy (non-hydrogen) atoms. The maximum atomic E-state index is 9.33. The van der Waals surface area contributed by atoms with E-state index in [1.807, 2.05) is 13.0 Å². The normalized spacial score (nSPS) is 11.0. The van der Waals surface area contributed by atoms with Crippen LogP contribution in [-0.2, 0) is 6.16 Å². The van der Waals surface area contributed by atoms with Gasteiger partial charge < -0.3 is 0 Å². The minimum Gasteiger partial charge on any atom is -0.192 e. The van der Waals surface area contributed by atoms with Gasteiger partial charge in [-0.25, -0.2) is 0 Å². The number of nitrogens with zero attached hydrogens (tertiary/aromatic N) is 1. The Morgan fingerprint density at radius 1 is 0.655 bits per heavy atom. The van der Waals surface area contributed by atoms with Crippen molar-refractivity contribution in [2.24, 2.45) is 0 Å². The summed E-state index contributed by atoms with van der Waals surface area (Å²) >= 11 is 0. The number of aryl methyl sites for hydroxylation is 1. The third kappa shape index (κ3) is 3.73. The van der Waals surface area contributed by atoms with E-state index in [0.717, 1.165) is 17.3 Å². The molecule has 0 spiro atoms. The third-order valence-electron chi connectivity index (χ3n) is 5.42. The first-order chi connectivity index (χ1) is 14.2. The van der Waals surface area contributed by atoms with Crippen molar-refractivity contribution < 1.29 is 0 Å². The lowest BCUT2D eigenvalue weighted by atomic mass is 10.1. The Kier molecular flexibility index (Phi) is 5.57. The van der Waals surface area contributed by atoms with Crippen molar-refractivity contribution in [3.63, 3.8) is 0 Å². The standard InChI is InChI=1S/C27H23NP/c1-22-19-23(17-18-24(22)20-28)21-29(25-11-5-2-6-12-25,26-13-7-3-8-14-26)27-15-9-4-10-16-27/h2-19H,21H2,1H3/q+1. The highest BCUT2D eigenvalue weighted by Crippen LogP contribution is 2.58. The van der Waals surface area contributed by atoms with E-state index < -0.39 is 7.26 Å². The van der Waals surface area contributed by atoms with Crippen molar-refractivity contribution in [2.75, 3.05) is 0 Å². The second-order valence-electron chi connectivity index (χ2n) is 7.24. The van der Waals surface area contributed by atoms with Gasteiger partial charge in [-0.2, -0.15) is 5.26 Å². The molecule has 4 rings (SSSR count). The molecule has 0 radical (unpaired) electrons. The van der Waals surface area contributed by atoms with E-state index in [1.54, 1.807) is 0 Å². The van der Waals surface area contributed by atoms with Gasteiger partial charge in [0.2, 0.25) is 0 Å². The van der Waals surface area contributed by atoms with Gasteiger partial charge in [-0.15, -0.1) is 0 Å². The molecule has 0 bridgehead atoms. The lowest BCUT2D eigenvalue weighted by Gasteiger charge is -2.28. The molecule has 0 fully saturated rings. The van der Waals surface area contributed by atoms with Crippen molar-refractivity contribution in [2.45, 2.75) is 13.1 Å². The van der Waals surface area contributed by atoms with Gasteiger partial charge in [-0.05, 0) is 60.5 Å². The predicted molar refractivity (Wildman–Crippen MR) is 125 cm³/mol. The molecule has 2 heteroatoms. The molecular weight excluding hydrogens is 369 g/mol. The summed E-state index contributed by atoms with van der Waals surface area (Å²) in [6.07, 6.45) is 0.928. The number of nitriles is 1. The van der Waals surface area contributed by atoms with Crippen LogP contribution in [0.2, 0.25) is 0 Å². The van der Waals surface area contributed by atoms with Gasteiger partial charge in [0.15, 0.2) is 0 Å². The quantitative estimate of drug-likeness (QED) is 0.420. The van der Waals surface area contributed by atoms with E-state index >= 15 is 0 Å². The molecule has 0 unspecified atom stereocenters. The number of hydrogen-bond donors (Lipinski definition) is 0. The molecule has 0 aliphatic carbocycles. The topological polar surface area (TPSA) is 23.8 Å². The molecule has 0 aliphatic rings. The molecule has 0 amide bonds. The minimum atomic E-state index is -1.90. The van der Waals surface area contributed by atoms with Crippen LogP contribution in [0.15, 0.2) is 109 Å². The van der Waals surface area contributed by atoms with Gasteiger partial charge in [0, 0.05) is 0 Å². The zero-order chi connectivity index (χ0) is 20.1. The summed E-state index contributed by atoms with van der Waals surface area (Å²) in [7, 11) is -1.90. The lowest BCUT2D eigenvalue weighted by molar-refractivity contribution is 1.31. The first-order valence-electron chi connectivity index (χ1n) is 9.78. The summed E-state index contributed by atoms with van der Waals surface area (Å²) in [5.74, 6) is 0. The van der Waals surface area contributed by atoms with E-state index in [-0.39, 0.29) is 0 Å². The van der Waals surface area contributed by atoms with E-state index in [2.05, 4.69) is 109 Å². The van der Waals surface area contributed by atoms with Crippen molar-refractivity contribution in [3.8, 4) is 6.07 Å². The number of benzene rings is 4. The summed E-state index contributed by atoms with van der Waals surface area (Å²) in [4.78, 5) is 0. The Bertz CT molecular complexity index is 1030. The smallest absolute Gasteiger partial charge is 0.116 e. The molecule has 0 saturated heterocycles. The molecule has 140 valence electrons. The van der Waals surface area contributed by atoms with Crippen LogP contribution in [0.1, 0.15) is 16.7 Å². The molecule has 0 saturated carbocycles. The zero-order valence-corrected chi connectivity index (χ0v) is 17.4. The van der Waals surface area contributed by atoms with Crippen molar-refractivity contribution in [3.05, 3.63) is 126 Å². The fraction of sp³-hybridized carbons (Fsp3) is 0.0741. The predicted octanol–water partition coefficient (Wildman–Crippen LogP) is 5.36. The maximum Gasteiger partial charge on any atom is 0.116 e. The first kappa shape index (κ1) is 19.1. The number of hydrogen-bond acceptors (Lipinski definition) is 1. The van der Waals surface area contributed by atoms with Gasteiger partial charge in [-0.3, -0.25) is 0 Å². The molecule has 4 aromatic carbocycles. The Morgan fingerprint density at radius 2 is 1.10 bits per heavy atom. The highest BCUT2D eigenvalue weighted by atomic mass is 31.2. The summed E-state index contributed by atoms with van der Waals surface area (Å²) in [6.45, 7) is 2.02. The average Bonchev–Trinajstić information content (AvgIpc) is 2.79. The second-order valence-corrected chi connectivity index (χ2v) is 10.7. The third-order valence-corrected chi connectivity index (χ3v) is 9.80. The van der Waals surface area contributed by atoms with Crippen LogP contribution < -0.4 is 15.9 Å². The Labute approximate surface area is 173 Å². The fourth-order valence-corrected chi connectivity index (χ4v) is 8.22. The Balaban J connectivity index is 1.98. The molecule has 0 heterocycles. The fourth-order valence-electron chi connectivity index (χ4n) is 3.99. The maximum absolute atomic E-state index is 9.33.